The van der Waals surface area contributed by atoms with Gasteiger partial charge in [-0.15, -0.1) is 0 Å². The number of nitrogens with one attached hydrogen (secondary N) is 1. The monoisotopic (exact) mass is 331 g/mol. The maximum Gasteiger partial charge on any atom is 0.0945 e. The summed E-state index contributed by atoms with van der Waals surface area (Å²) in [5, 5.41) is 14.2. The summed E-state index contributed by atoms with van der Waals surface area (Å²) in [4.78, 5) is 0. The fourth-order valence-corrected chi connectivity index (χ4v) is 2.96. The number of anilines is 1. The van der Waals surface area contributed by atoms with Crippen LogP contribution in [0.1, 0.15) is 32.6 Å². The second-order valence-corrected chi connectivity index (χ2v) is 6.61. The standard InChI is InChI=1S/C16H23Cl2NO2/c1-11-4-2-3-5-16(11)21-10-13(20)9-19-12-6-7-14(17)15(18)8-12/h6-8,11,13,16,19-20H,2-5,9-10H2,1H3. The van der Waals surface area contributed by atoms with Gasteiger partial charge >= 0.3 is 0 Å². The van der Waals surface area contributed by atoms with Gasteiger partial charge in [-0.2, -0.15) is 0 Å². The molecule has 1 fully saturated rings. The summed E-state index contributed by atoms with van der Waals surface area (Å²) >= 11 is 11.8. The molecular formula is C16H23Cl2NO2. The van der Waals surface area contributed by atoms with Crippen molar-refractivity contribution in [3.8, 4) is 0 Å². The van der Waals surface area contributed by atoms with Crippen molar-refractivity contribution in [3.63, 3.8) is 0 Å². The molecule has 1 saturated carbocycles. The molecule has 0 radical (unpaired) electrons. The van der Waals surface area contributed by atoms with Gasteiger partial charge in [0.15, 0.2) is 0 Å². The first-order chi connectivity index (χ1) is 10.1. The Kier molecular flexibility index (Phi) is 6.62. The highest BCUT2D eigenvalue weighted by Gasteiger charge is 2.22. The highest BCUT2D eigenvalue weighted by Crippen LogP contribution is 2.27. The molecule has 1 aromatic carbocycles. The SMILES string of the molecule is CC1CCCCC1OCC(O)CNc1ccc(Cl)c(Cl)c1. The minimum atomic E-state index is -0.534. The zero-order chi connectivity index (χ0) is 15.2. The molecule has 2 N–H and O–H groups in total. The molecule has 5 heteroatoms. The van der Waals surface area contributed by atoms with E-state index in [1.165, 1.54) is 19.3 Å². The Bertz CT molecular complexity index is 456. The highest BCUT2D eigenvalue weighted by molar-refractivity contribution is 6.42. The van der Waals surface area contributed by atoms with E-state index in [9.17, 15) is 5.11 Å². The van der Waals surface area contributed by atoms with E-state index < -0.39 is 6.10 Å². The van der Waals surface area contributed by atoms with Crippen molar-refractivity contribution in [2.24, 2.45) is 5.92 Å². The summed E-state index contributed by atoms with van der Waals surface area (Å²) in [6, 6.07) is 5.32. The Morgan fingerprint density at radius 3 is 2.76 bits per heavy atom. The number of hydrogen-bond acceptors (Lipinski definition) is 3. The Labute approximate surface area is 136 Å². The fourth-order valence-electron chi connectivity index (χ4n) is 2.67. The maximum atomic E-state index is 10.0. The van der Waals surface area contributed by atoms with Gasteiger partial charge in [0.25, 0.3) is 0 Å². The molecule has 0 amide bonds. The van der Waals surface area contributed by atoms with Crippen molar-refractivity contribution in [2.75, 3.05) is 18.5 Å². The van der Waals surface area contributed by atoms with Crippen LogP contribution >= 0.6 is 23.2 Å². The Morgan fingerprint density at radius 2 is 2.05 bits per heavy atom. The quantitative estimate of drug-likeness (QED) is 0.813. The third-order valence-electron chi connectivity index (χ3n) is 4.00. The minimum Gasteiger partial charge on any atom is -0.389 e. The summed E-state index contributed by atoms with van der Waals surface area (Å²) in [6.07, 6.45) is 4.61. The predicted octanol–water partition coefficient (Wildman–Crippen LogP) is 4.36. The van der Waals surface area contributed by atoms with Crippen molar-refractivity contribution in [2.45, 2.75) is 44.8 Å². The lowest BCUT2D eigenvalue weighted by atomic mass is 9.88. The van der Waals surface area contributed by atoms with Gasteiger partial charge < -0.3 is 15.2 Å². The molecule has 0 spiro atoms. The Hall–Kier alpha value is -0.480. The van der Waals surface area contributed by atoms with Crippen LogP contribution in [0, 0.1) is 5.92 Å². The number of aliphatic hydroxyl groups is 1. The third-order valence-corrected chi connectivity index (χ3v) is 4.74. The van der Waals surface area contributed by atoms with Crippen LogP contribution < -0.4 is 5.32 Å². The predicted molar refractivity (Wildman–Crippen MR) is 88.3 cm³/mol. The van der Waals surface area contributed by atoms with Gasteiger partial charge in [-0.1, -0.05) is 43.0 Å². The number of rotatable bonds is 6. The van der Waals surface area contributed by atoms with Crippen LogP contribution in [0.5, 0.6) is 0 Å². The number of aliphatic hydroxyl groups excluding tert-OH is 1. The van der Waals surface area contributed by atoms with Gasteiger partial charge in [0.05, 0.1) is 28.9 Å². The molecule has 3 atom stereocenters. The van der Waals surface area contributed by atoms with Crippen molar-refractivity contribution >= 4 is 28.9 Å². The van der Waals surface area contributed by atoms with Crippen LogP contribution in [0.15, 0.2) is 18.2 Å². The van der Waals surface area contributed by atoms with E-state index in [0.717, 1.165) is 12.1 Å². The molecule has 0 bridgehead atoms. The van der Waals surface area contributed by atoms with E-state index in [4.69, 9.17) is 27.9 Å². The molecule has 21 heavy (non-hydrogen) atoms. The molecule has 0 aliphatic heterocycles. The summed E-state index contributed by atoms with van der Waals surface area (Å²) < 4.78 is 5.85. The normalized spacial score (nSPS) is 23.8. The topological polar surface area (TPSA) is 41.5 Å². The zero-order valence-corrected chi connectivity index (χ0v) is 13.8. The highest BCUT2D eigenvalue weighted by atomic mass is 35.5. The molecule has 3 unspecified atom stereocenters. The molecule has 0 heterocycles. The average Bonchev–Trinajstić information content (AvgIpc) is 2.47. The molecule has 118 valence electrons. The van der Waals surface area contributed by atoms with E-state index in [1.807, 2.05) is 6.07 Å². The van der Waals surface area contributed by atoms with Crippen molar-refractivity contribution in [1.29, 1.82) is 0 Å². The summed E-state index contributed by atoms with van der Waals surface area (Å²) in [5.74, 6) is 0.592. The van der Waals surface area contributed by atoms with Crippen LogP contribution in [-0.2, 0) is 4.74 Å². The second-order valence-electron chi connectivity index (χ2n) is 5.80. The van der Waals surface area contributed by atoms with Crippen LogP contribution in [-0.4, -0.2) is 30.5 Å². The van der Waals surface area contributed by atoms with Gasteiger partial charge in [-0.25, -0.2) is 0 Å². The van der Waals surface area contributed by atoms with Gasteiger partial charge in [0, 0.05) is 12.2 Å². The number of hydrogen-bond donors (Lipinski definition) is 2. The van der Waals surface area contributed by atoms with Gasteiger partial charge in [0.2, 0.25) is 0 Å². The smallest absolute Gasteiger partial charge is 0.0945 e. The molecule has 2 rings (SSSR count). The maximum absolute atomic E-state index is 10.0. The molecule has 1 aliphatic carbocycles. The zero-order valence-electron chi connectivity index (χ0n) is 12.3. The molecular weight excluding hydrogens is 309 g/mol. The lowest BCUT2D eigenvalue weighted by molar-refractivity contribution is -0.0424. The number of halogens is 2. The van der Waals surface area contributed by atoms with E-state index >= 15 is 0 Å². The van der Waals surface area contributed by atoms with E-state index in [-0.39, 0.29) is 0 Å². The Balaban J connectivity index is 1.71. The molecule has 0 aromatic heterocycles. The average molecular weight is 332 g/mol. The van der Waals surface area contributed by atoms with Crippen LogP contribution in [0.3, 0.4) is 0 Å². The van der Waals surface area contributed by atoms with Crippen molar-refractivity contribution in [3.05, 3.63) is 28.2 Å². The van der Waals surface area contributed by atoms with E-state index in [2.05, 4.69) is 12.2 Å². The summed E-state index contributed by atoms with van der Waals surface area (Å²) in [5.41, 5.74) is 0.842. The van der Waals surface area contributed by atoms with Gasteiger partial charge in [0.1, 0.15) is 0 Å². The second kappa shape index (κ2) is 8.23. The van der Waals surface area contributed by atoms with E-state index in [1.54, 1.807) is 12.1 Å². The fraction of sp³-hybridized carbons (Fsp3) is 0.625. The minimum absolute atomic E-state index is 0.290. The summed E-state index contributed by atoms with van der Waals surface area (Å²) in [7, 11) is 0. The molecule has 0 saturated heterocycles. The number of benzene rings is 1. The molecule has 1 aliphatic rings. The Morgan fingerprint density at radius 1 is 1.29 bits per heavy atom. The van der Waals surface area contributed by atoms with Crippen molar-refractivity contribution < 1.29 is 9.84 Å². The molecule has 1 aromatic rings. The third kappa shape index (κ3) is 5.33. The van der Waals surface area contributed by atoms with Gasteiger partial charge in [-0.3, -0.25) is 0 Å². The lowest BCUT2D eigenvalue weighted by Crippen LogP contribution is -2.32. The first kappa shape index (κ1) is 16.9. The van der Waals surface area contributed by atoms with E-state index in [0.29, 0.717) is 35.2 Å². The largest absolute Gasteiger partial charge is 0.389 e. The number of ether oxygens (including phenoxy) is 1. The summed E-state index contributed by atoms with van der Waals surface area (Å²) in [6.45, 7) is 3.02. The lowest BCUT2D eigenvalue weighted by Gasteiger charge is -2.29. The van der Waals surface area contributed by atoms with Crippen LogP contribution in [0.2, 0.25) is 10.0 Å². The first-order valence-corrected chi connectivity index (χ1v) is 8.30. The van der Waals surface area contributed by atoms with Crippen molar-refractivity contribution in [1.82, 2.24) is 0 Å². The first-order valence-electron chi connectivity index (χ1n) is 7.55. The van der Waals surface area contributed by atoms with Gasteiger partial charge in [-0.05, 0) is 37.0 Å². The van der Waals surface area contributed by atoms with Crippen LogP contribution in [0.4, 0.5) is 5.69 Å². The van der Waals surface area contributed by atoms with Crippen LogP contribution in [0.25, 0.3) is 0 Å². The molecule has 3 nitrogen and oxygen atoms in total.